The van der Waals surface area contributed by atoms with Crippen molar-refractivity contribution in [2.75, 3.05) is 24.6 Å². The molecule has 2 aliphatic carbocycles. The number of halogens is 1. The molecule has 1 saturated carbocycles. The molecule has 1 spiro atoms. The van der Waals surface area contributed by atoms with Crippen LogP contribution in [-0.2, 0) is 31.4 Å². The highest BCUT2D eigenvalue weighted by molar-refractivity contribution is 7.90. The van der Waals surface area contributed by atoms with Crippen molar-refractivity contribution in [3.05, 3.63) is 70.3 Å². The van der Waals surface area contributed by atoms with E-state index in [0.717, 1.165) is 42.8 Å². The lowest BCUT2D eigenvalue weighted by atomic mass is 9.68. The number of primary amides is 1. The van der Waals surface area contributed by atoms with Crippen LogP contribution < -0.4 is 20.1 Å². The number of hydrogen-bond acceptors (Lipinski definition) is 7. The largest absolute Gasteiger partial charge is 0.490 e. The second kappa shape index (κ2) is 13.2. The Morgan fingerprint density at radius 3 is 2.78 bits per heavy atom. The molecule has 3 N–H and O–H groups in total. The van der Waals surface area contributed by atoms with Crippen LogP contribution in [0.4, 0.5) is 5.69 Å². The van der Waals surface area contributed by atoms with Crippen molar-refractivity contribution in [2.45, 2.75) is 88.1 Å². The summed E-state index contributed by atoms with van der Waals surface area (Å²) < 4.78 is 41.8. The Kier molecular flexibility index (Phi) is 9.43. The number of ether oxygens (including phenoxy) is 2. The van der Waals surface area contributed by atoms with Gasteiger partial charge in [0.25, 0.3) is 5.91 Å². The Balaban J connectivity index is 1.42. The van der Waals surface area contributed by atoms with E-state index in [9.17, 15) is 18.0 Å². The minimum atomic E-state index is -3.93. The molecule has 9 nitrogen and oxygen atoms in total. The van der Waals surface area contributed by atoms with Crippen LogP contribution in [-0.4, -0.2) is 57.4 Å². The molecule has 0 unspecified atom stereocenters. The highest BCUT2D eigenvalue weighted by atomic mass is 35.5. The van der Waals surface area contributed by atoms with Crippen molar-refractivity contribution in [1.29, 1.82) is 0 Å². The number of hydrogen-bond donors (Lipinski definition) is 2. The van der Waals surface area contributed by atoms with E-state index in [4.69, 9.17) is 26.8 Å². The van der Waals surface area contributed by atoms with Gasteiger partial charge in [-0.2, -0.15) is 0 Å². The van der Waals surface area contributed by atoms with Gasteiger partial charge in [0.2, 0.25) is 15.9 Å². The number of fused-ring (bicyclic) bond motifs is 4. The first-order chi connectivity index (χ1) is 22.0. The van der Waals surface area contributed by atoms with E-state index in [2.05, 4.69) is 21.8 Å². The standard InChI is InChI=1S/C35H44ClN3O6S/c1-3-27-8-4-5-9-31(45-22(2)33(37)40)28-13-10-25(28)19-39-20-35(16-6-7-23-17-26(36)12-14-29(23)35)21-44-32-15-11-24(18-30(32)39)34(41)38-46(27,42)43/h5,9,11-12,14-15,17-18,22,25,27-28,31H,3-4,6-8,10,13,16,19-21H2,1-2H3,(H2,37,40)(H,38,41)/b9-5+/t22-,25-,27+,28+,31-,35-/m0/s1. The third kappa shape index (κ3) is 6.53. The first-order valence-electron chi connectivity index (χ1n) is 16.5. The van der Waals surface area contributed by atoms with Gasteiger partial charge in [-0.3, -0.25) is 9.59 Å². The number of nitrogens with zero attached hydrogens (tertiary/aromatic N) is 1. The average Bonchev–Trinajstić information content (AvgIpc) is 3.15. The van der Waals surface area contributed by atoms with Gasteiger partial charge in [0.15, 0.2) is 0 Å². The SMILES string of the molecule is CC[C@@H]1CC/C=C/[C@H](O[C@@H](C)C(N)=O)[C@@H]2CC[C@H]2CN2C[C@@]3(CCCc4cc(Cl)ccc43)COc3ccc(cc32)C(=O)NS1(=O)=O. The lowest BCUT2D eigenvalue weighted by Crippen LogP contribution is -2.50. The fourth-order valence-corrected chi connectivity index (χ4v) is 9.37. The first-order valence-corrected chi connectivity index (χ1v) is 18.4. The summed E-state index contributed by atoms with van der Waals surface area (Å²) in [5.41, 5.74) is 8.81. The summed E-state index contributed by atoms with van der Waals surface area (Å²) in [7, 11) is -3.93. The van der Waals surface area contributed by atoms with Crippen LogP contribution in [0.3, 0.4) is 0 Å². The predicted molar refractivity (Wildman–Crippen MR) is 179 cm³/mol. The van der Waals surface area contributed by atoms with Gasteiger partial charge in [-0.15, -0.1) is 0 Å². The molecule has 2 aromatic carbocycles. The summed E-state index contributed by atoms with van der Waals surface area (Å²) in [4.78, 5) is 27.8. The molecule has 248 valence electrons. The summed E-state index contributed by atoms with van der Waals surface area (Å²) in [5.74, 6) is -0.107. The quantitative estimate of drug-likeness (QED) is 0.424. The number of aryl methyl sites for hydroxylation is 1. The third-order valence-corrected chi connectivity index (χ3v) is 12.7. The van der Waals surface area contributed by atoms with Crippen molar-refractivity contribution < 1.29 is 27.5 Å². The number of sulfonamides is 1. The minimum Gasteiger partial charge on any atom is -0.490 e. The number of carbonyl (C=O) groups is 2. The fourth-order valence-electron chi connectivity index (χ4n) is 7.75. The molecule has 46 heavy (non-hydrogen) atoms. The first kappa shape index (κ1) is 32.8. The molecule has 2 aliphatic heterocycles. The van der Waals surface area contributed by atoms with E-state index >= 15 is 0 Å². The van der Waals surface area contributed by atoms with E-state index in [0.29, 0.717) is 44.7 Å². The Hall–Kier alpha value is -3.08. The molecular formula is C35H44ClN3O6S. The Morgan fingerprint density at radius 1 is 1.22 bits per heavy atom. The maximum Gasteiger partial charge on any atom is 0.264 e. The molecule has 2 aromatic rings. The van der Waals surface area contributed by atoms with E-state index in [-0.39, 0.29) is 28.9 Å². The topological polar surface area (TPSA) is 128 Å². The number of carbonyl (C=O) groups excluding carboxylic acids is 2. The summed E-state index contributed by atoms with van der Waals surface area (Å²) in [6, 6.07) is 11.3. The van der Waals surface area contributed by atoms with Gasteiger partial charge in [-0.25, -0.2) is 13.1 Å². The molecule has 11 heteroatoms. The van der Waals surface area contributed by atoms with Crippen molar-refractivity contribution in [3.63, 3.8) is 0 Å². The van der Waals surface area contributed by atoms with Crippen molar-refractivity contribution in [2.24, 2.45) is 17.6 Å². The molecule has 0 saturated heterocycles. The zero-order chi connectivity index (χ0) is 32.6. The second-order valence-corrected chi connectivity index (χ2v) is 15.8. The fraction of sp³-hybridized carbons (Fsp3) is 0.543. The van der Waals surface area contributed by atoms with Crippen molar-refractivity contribution >= 4 is 39.1 Å². The van der Waals surface area contributed by atoms with Crippen LogP contribution in [0.1, 0.15) is 80.3 Å². The number of rotatable bonds is 4. The lowest BCUT2D eigenvalue weighted by molar-refractivity contribution is -0.134. The number of nitrogens with one attached hydrogen (secondary N) is 1. The highest BCUT2D eigenvalue weighted by Gasteiger charge is 2.45. The van der Waals surface area contributed by atoms with Crippen LogP contribution in [0.2, 0.25) is 5.02 Å². The number of allylic oxidation sites excluding steroid dienone is 1. The molecule has 0 radical (unpaired) electrons. The normalized spacial score (nSPS) is 30.4. The van der Waals surface area contributed by atoms with E-state index < -0.39 is 33.2 Å². The Morgan fingerprint density at radius 2 is 2.04 bits per heavy atom. The van der Waals surface area contributed by atoms with Crippen molar-refractivity contribution in [1.82, 2.24) is 4.72 Å². The van der Waals surface area contributed by atoms with E-state index in [1.54, 1.807) is 32.0 Å². The zero-order valence-corrected chi connectivity index (χ0v) is 28.1. The summed E-state index contributed by atoms with van der Waals surface area (Å²) in [6.07, 6.45) is 8.84. The molecule has 0 aromatic heterocycles. The summed E-state index contributed by atoms with van der Waals surface area (Å²) >= 11 is 6.42. The lowest BCUT2D eigenvalue weighted by Gasteiger charge is -2.46. The maximum absolute atomic E-state index is 13.4. The van der Waals surface area contributed by atoms with Gasteiger partial charge >= 0.3 is 0 Å². The number of anilines is 1. The van der Waals surface area contributed by atoms with Gasteiger partial charge in [0.05, 0.1) is 23.6 Å². The smallest absolute Gasteiger partial charge is 0.264 e. The molecule has 1 fully saturated rings. The molecule has 6 rings (SSSR count). The number of benzene rings is 2. The molecule has 2 bridgehead atoms. The van der Waals surface area contributed by atoms with Gasteiger partial charge in [-0.1, -0.05) is 36.7 Å². The average molecular weight is 670 g/mol. The summed E-state index contributed by atoms with van der Waals surface area (Å²) in [6.45, 7) is 5.30. The van der Waals surface area contributed by atoms with E-state index in [1.165, 1.54) is 11.1 Å². The van der Waals surface area contributed by atoms with Crippen LogP contribution in [0, 0.1) is 11.8 Å². The molecule has 2 amide bonds. The molecule has 6 atom stereocenters. The van der Waals surface area contributed by atoms with Crippen LogP contribution in [0.5, 0.6) is 5.75 Å². The third-order valence-electron chi connectivity index (χ3n) is 10.5. The molecule has 4 aliphatic rings. The van der Waals surface area contributed by atoms with Gasteiger partial charge in [0, 0.05) is 29.1 Å². The monoisotopic (exact) mass is 669 g/mol. The highest BCUT2D eigenvalue weighted by Crippen LogP contribution is 2.47. The minimum absolute atomic E-state index is 0.143. The van der Waals surface area contributed by atoms with Crippen molar-refractivity contribution in [3.8, 4) is 5.75 Å². The van der Waals surface area contributed by atoms with Gasteiger partial charge < -0.3 is 20.1 Å². The Bertz CT molecular complexity index is 1630. The van der Waals surface area contributed by atoms with Gasteiger partial charge in [-0.05, 0) is 112 Å². The zero-order valence-electron chi connectivity index (χ0n) is 26.5. The van der Waals surface area contributed by atoms with Crippen LogP contribution in [0.25, 0.3) is 0 Å². The van der Waals surface area contributed by atoms with Gasteiger partial charge in [0.1, 0.15) is 11.9 Å². The second-order valence-electron chi connectivity index (χ2n) is 13.4. The molecule has 2 heterocycles. The van der Waals surface area contributed by atoms with Crippen LogP contribution >= 0.6 is 11.6 Å². The number of nitrogens with two attached hydrogens (primary N) is 1. The van der Waals surface area contributed by atoms with E-state index in [1.807, 2.05) is 18.2 Å². The maximum atomic E-state index is 13.4. The molecular weight excluding hydrogens is 626 g/mol. The summed E-state index contributed by atoms with van der Waals surface area (Å²) in [5, 5.41) is -0.0223. The Labute approximate surface area is 276 Å². The number of amides is 2. The van der Waals surface area contributed by atoms with Crippen LogP contribution in [0.15, 0.2) is 48.6 Å². The predicted octanol–water partition coefficient (Wildman–Crippen LogP) is 5.29.